The monoisotopic (exact) mass is 171 g/mol. The molecule has 0 aromatic carbocycles. The summed E-state index contributed by atoms with van der Waals surface area (Å²) >= 11 is 0. The number of carbonyl (C=O) groups excluding carboxylic acids is 1. The first-order chi connectivity index (χ1) is 5.57. The van der Waals surface area contributed by atoms with Crippen LogP contribution in [-0.4, -0.2) is 18.6 Å². The Kier molecular flexibility index (Phi) is 5.37. The minimum absolute atomic E-state index is 0.241. The van der Waals surface area contributed by atoms with Gasteiger partial charge in [-0.2, -0.15) is 0 Å². The molecule has 0 saturated heterocycles. The Labute approximate surface area is 73.6 Å². The van der Waals surface area contributed by atoms with Crippen molar-refractivity contribution < 1.29 is 9.53 Å². The number of carbonyl (C=O) groups is 1. The van der Waals surface area contributed by atoms with Gasteiger partial charge in [0.05, 0.1) is 0 Å². The molecule has 0 rings (SSSR count). The molecule has 0 radical (unpaired) electrons. The van der Waals surface area contributed by atoms with E-state index in [-0.39, 0.29) is 12.6 Å². The summed E-state index contributed by atoms with van der Waals surface area (Å²) in [4.78, 5) is 11.0. The van der Waals surface area contributed by atoms with Crippen molar-refractivity contribution in [3.8, 4) is 0 Å². The van der Waals surface area contributed by atoms with E-state index >= 15 is 0 Å². The van der Waals surface area contributed by atoms with Gasteiger partial charge in [0.15, 0.2) is 0 Å². The van der Waals surface area contributed by atoms with Crippen LogP contribution < -0.4 is 5.73 Å². The number of nitrogens with two attached hydrogens (primary N) is 1. The lowest BCUT2D eigenvalue weighted by molar-refractivity contribution is -0.144. The lowest BCUT2D eigenvalue weighted by Crippen LogP contribution is -2.33. The molecular formula is C9H17NO2. The molecule has 2 N–H and O–H groups in total. The predicted molar refractivity (Wildman–Crippen MR) is 48.6 cm³/mol. The highest BCUT2D eigenvalue weighted by Gasteiger charge is 2.15. The van der Waals surface area contributed by atoms with Gasteiger partial charge in [-0.15, -0.1) is 0 Å². The van der Waals surface area contributed by atoms with Gasteiger partial charge in [0, 0.05) is 0 Å². The van der Waals surface area contributed by atoms with Crippen LogP contribution in [0.25, 0.3) is 0 Å². The van der Waals surface area contributed by atoms with Crippen molar-refractivity contribution in [3.05, 3.63) is 12.7 Å². The largest absolute Gasteiger partial charge is 0.460 e. The van der Waals surface area contributed by atoms with Gasteiger partial charge in [0.2, 0.25) is 0 Å². The lowest BCUT2D eigenvalue weighted by atomic mass is 10.1. The summed E-state index contributed by atoms with van der Waals surface area (Å²) in [6, 6.07) is -0.495. The van der Waals surface area contributed by atoms with Gasteiger partial charge in [-0.05, 0) is 12.3 Å². The lowest BCUT2D eigenvalue weighted by Gasteiger charge is -2.11. The summed E-state index contributed by atoms with van der Waals surface area (Å²) in [6.07, 6.45) is 2.19. The fourth-order valence-corrected chi connectivity index (χ4v) is 0.852. The standard InChI is InChI=1S/C9H17NO2/c1-4-5-12-9(11)8(10)6-7(2)3/h4,7-8H,1,5-6,10H2,2-3H3. The zero-order valence-electron chi connectivity index (χ0n) is 7.75. The van der Waals surface area contributed by atoms with Crippen LogP contribution in [0.3, 0.4) is 0 Å². The molecule has 3 heteroatoms. The van der Waals surface area contributed by atoms with Crippen LogP contribution in [0.2, 0.25) is 0 Å². The van der Waals surface area contributed by atoms with Crippen LogP contribution in [-0.2, 0) is 9.53 Å². The highest BCUT2D eigenvalue weighted by Crippen LogP contribution is 2.03. The number of esters is 1. The fraction of sp³-hybridized carbons (Fsp3) is 0.667. The first-order valence-corrected chi connectivity index (χ1v) is 4.11. The molecule has 70 valence electrons. The topological polar surface area (TPSA) is 52.3 Å². The maximum atomic E-state index is 11.0. The van der Waals surface area contributed by atoms with Crippen molar-refractivity contribution in [1.29, 1.82) is 0 Å². The molecule has 12 heavy (non-hydrogen) atoms. The molecule has 3 nitrogen and oxygen atoms in total. The molecule has 0 bridgehead atoms. The second-order valence-electron chi connectivity index (χ2n) is 3.15. The molecule has 0 amide bonds. The molecular weight excluding hydrogens is 154 g/mol. The van der Waals surface area contributed by atoms with Crippen molar-refractivity contribution in [3.63, 3.8) is 0 Å². The van der Waals surface area contributed by atoms with Crippen LogP contribution in [0.4, 0.5) is 0 Å². The van der Waals surface area contributed by atoms with E-state index in [0.29, 0.717) is 12.3 Å². The van der Waals surface area contributed by atoms with Crippen molar-refractivity contribution in [2.45, 2.75) is 26.3 Å². The fourth-order valence-electron chi connectivity index (χ4n) is 0.852. The van der Waals surface area contributed by atoms with Gasteiger partial charge in [-0.1, -0.05) is 26.5 Å². The first-order valence-electron chi connectivity index (χ1n) is 4.11. The second-order valence-corrected chi connectivity index (χ2v) is 3.15. The van der Waals surface area contributed by atoms with E-state index < -0.39 is 6.04 Å². The highest BCUT2D eigenvalue weighted by atomic mass is 16.5. The van der Waals surface area contributed by atoms with Crippen LogP contribution >= 0.6 is 0 Å². The number of rotatable bonds is 5. The minimum Gasteiger partial charge on any atom is -0.460 e. The van der Waals surface area contributed by atoms with E-state index in [4.69, 9.17) is 10.5 Å². The van der Waals surface area contributed by atoms with Gasteiger partial charge in [-0.3, -0.25) is 4.79 Å². The van der Waals surface area contributed by atoms with Gasteiger partial charge in [0.1, 0.15) is 12.6 Å². The van der Waals surface area contributed by atoms with E-state index in [9.17, 15) is 4.79 Å². The van der Waals surface area contributed by atoms with Gasteiger partial charge >= 0.3 is 5.97 Å². The van der Waals surface area contributed by atoms with E-state index in [1.165, 1.54) is 6.08 Å². The Morgan fingerprint density at radius 2 is 2.25 bits per heavy atom. The smallest absolute Gasteiger partial charge is 0.323 e. The first kappa shape index (κ1) is 11.2. The zero-order valence-corrected chi connectivity index (χ0v) is 7.75. The molecule has 0 spiro atoms. The summed E-state index contributed by atoms with van der Waals surface area (Å²) in [5, 5.41) is 0. The van der Waals surface area contributed by atoms with Crippen molar-refractivity contribution >= 4 is 5.97 Å². The van der Waals surface area contributed by atoms with Crippen LogP contribution in [0.1, 0.15) is 20.3 Å². The Balaban J connectivity index is 3.68. The third-order valence-electron chi connectivity index (χ3n) is 1.37. The molecule has 0 heterocycles. The van der Waals surface area contributed by atoms with Gasteiger partial charge < -0.3 is 10.5 Å². The molecule has 0 fully saturated rings. The average molecular weight is 171 g/mol. The zero-order chi connectivity index (χ0) is 9.56. The summed E-state index contributed by atoms with van der Waals surface area (Å²) < 4.78 is 4.77. The van der Waals surface area contributed by atoms with Crippen LogP contribution in [0.5, 0.6) is 0 Å². The maximum absolute atomic E-state index is 11.0. The molecule has 0 aliphatic heterocycles. The normalized spacial score (nSPS) is 12.7. The summed E-state index contributed by atoms with van der Waals surface area (Å²) in [5.74, 6) is 0.0693. The third-order valence-corrected chi connectivity index (χ3v) is 1.37. The van der Waals surface area contributed by atoms with Gasteiger partial charge in [-0.25, -0.2) is 0 Å². The van der Waals surface area contributed by atoms with Crippen LogP contribution in [0.15, 0.2) is 12.7 Å². The molecule has 0 aromatic heterocycles. The third kappa shape index (κ3) is 4.91. The number of ether oxygens (including phenoxy) is 1. The predicted octanol–water partition coefficient (Wildman–Crippen LogP) is 1.09. The summed E-state index contributed by atoms with van der Waals surface area (Å²) in [7, 11) is 0. The second kappa shape index (κ2) is 5.77. The number of hydrogen-bond donors (Lipinski definition) is 1. The van der Waals surface area contributed by atoms with Gasteiger partial charge in [0.25, 0.3) is 0 Å². The Morgan fingerprint density at radius 3 is 2.67 bits per heavy atom. The van der Waals surface area contributed by atoms with E-state index in [2.05, 4.69) is 6.58 Å². The summed E-state index contributed by atoms with van der Waals surface area (Å²) in [5.41, 5.74) is 5.55. The molecule has 1 unspecified atom stereocenters. The Hall–Kier alpha value is -0.830. The minimum atomic E-state index is -0.495. The molecule has 0 aliphatic rings. The highest BCUT2D eigenvalue weighted by molar-refractivity contribution is 5.75. The average Bonchev–Trinajstić information content (AvgIpc) is 1.98. The summed E-state index contributed by atoms with van der Waals surface area (Å²) in [6.45, 7) is 7.70. The molecule has 0 aromatic rings. The maximum Gasteiger partial charge on any atom is 0.323 e. The van der Waals surface area contributed by atoms with Crippen molar-refractivity contribution in [1.82, 2.24) is 0 Å². The Bertz CT molecular complexity index is 155. The van der Waals surface area contributed by atoms with Crippen molar-refractivity contribution in [2.24, 2.45) is 11.7 Å². The molecule has 0 saturated carbocycles. The van der Waals surface area contributed by atoms with Crippen LogP contribution in [0, 0.1) is 5.92 Å². The van der Waals surface area contributed by atoms with Crippen molar-refractivity contribution in [2.75, 3.05) is 6.61 Å². The quantitative estimate of drug-likeness (QED) is 0.497. The molecule has 1 atom stereocenters. The number of hydrogen-bond acceptors (Lipinski definition) is 3. The van der Waals surface area contributed by atoms with E-state index in [0.717, 1.165) is 0 Å². The van der Waals surface area contributed by atoms with E-state index in [1.807, 2.05) is 13.8 Å². The SMILES string of the molecule is C=CCOC(=O)C(N)CC(C)C. The van der Waals surface area contributed by atoms with E-state index in [1.54, 1.807) is 0 Å². The molecule has 0 aliphatic carbocycles. The Morgan fingerprint density at radius 1 is 1.67 bits per heavy atom.